The highest BCUT2D eigenvalue weighted by atomic mass is 35.5. The molecule has 5 atom stereocenters. The Morgan fingerprint density at radius 3 is 2.45 bits per heavy atom. The summed E-state index contributed by atoms with van der Waals surface area (Å²) in [6, 6.07) is 1.39. The fourth-order valence-corrected chi connectivity index (χ4v) is 5.25. The number of hydrogen-bond donors (Lipinski definition) is 7. The van der Waals surface area contributed by atoms with E-state index in [0.29, 0.717) is 5.56 Å². The van der Waals surface area contributed by atoms with Crippen LogP contribution in [0.2, 0.25) is 5.02 Å². The van der Waals surface area contributed by atoms with Gasteiger partial charge in [0, 0.05) is 23.8 Å². The zero-order valence-electron chi connectivity index (χ0n) is 16.1. The molecule has 10 nitrogen and oxygen atoms in total. The van der Waals surface area contributed by atoms with Crippen molar-refractivity contribution in [2.45, 2.75) is 31.0 Å². The van der Waals surface area contributed by atoms with Gasteiger partial charge in [-0.15, -0.1) is 0 Å². The number of carbonyl (C=O) groups is 3. The van der Waals surface area contributed by atoms with Gasteiger partial charge in [0.25, 0.3) is 5.91 Å². The number of halogens is 1. The van der Waals surface area contributed by atoms with E-state index in [4.69, 9.17) is 23.1 Å². The van der Waals surface area contributed by atoms with E-state index in [1.165, 1.54) is 6.07 Å². The van der Waals surface area contributed by atoms with Crippen LogP contribution in [-0.2, 0) is 14.4 Å². The number of anilines is 1. The Morgan fingerprint density at radius 1 is 1.26 bits per heavy atom. The van der Waals surface area contributed by atoms with Gasteiger partial charge < -0.3 is 37.0 Å². The predicted octanol–water partition coefficient (Wildman–Crippen LogP) is 0.191. The average Bonchev–Trinajstić information content (AvgIpc) is 2.69. The first kappa shape index (κ1) is 21.2. The molecule has 1 fully saturated rings. The number of aliphatic hydroxyl groups excluding tert-OH is 3. The molecule has 11 heteroatoms. The summed E-state index contributed by atoms with van der Waals surface area (Å²) < 4.78 is 0. The molecule has 4 rings (SSSR count). The molecule has 0 spiro atoms. The third kappa shape index (κ3) is 2.43. The number of primary amides is 1. The minimum absolute atomic E-state index is 0.00740. The number of aromatic hydroxyl groups is 1. The molecule has 0 saturated heterocycles. The molecule has 0 radical (unpaired) electrons. The number of hydrogen-bond acceptors (Lipinski definition) is 9. The zero-order chi connectivity index (χ0) is 23.2. The number of phenols is 1. The molecule has 1 amide bonds. The van der Waals surface area contributed by atoms with Crippen LogP contribution < -0.4 is 11.5 Å². The third-order valence-electron chi connectivity index (χ3n) is 6.61. The van der Waals surface area contributed by atoms with Crippen molar-refractivity contribution in [3.8, 4) is 5.75 Å². The van der Waals surface area contributed by atoms with E-state index in [-0.39, 0.29) is 16.3 Å². The molecule has 31 heavy (non-hydrogen) atoms. The maximum absolute atomic E-state index is 13.4. The second kappa shape index (κ2) is 6.46. The van der Waals surface area contributed by atoms with Gasteiger partial charge in [0.2, 0.25) is 5.78 Å². The first-order chi connectivity index (χ1) is 14.3. The van der Waals surface area contributed by atoms with Crippen molar-refractivity contribution in [1.29, 1.82) is 0 Å². The predicted molar refractivity (Wildman–Crippen MR) is 107 cm³/mol. The van der Waals surface area contributed by atoms with Crippen LogP contribution in [0.25, 0.3) is 5.76 Å². The molecule has 1 aromatic carbocycles. The number of amides is 1. The highest BCUT2D eigenvalue weighted by Crippen LogP contribution is 2.56. The summed E-state index contributed by atoms with van der Waals surface area (Å²) in [5.41, 5.74) is 6.40. The van der Waals surface area contributed by atoms with Gasteiger partial charge in [-0.25, -0.2) is 0 Å². The number of nitrogens with two attached hydrogens (primary N) is 2. The highest BCUT2D eigenvalue weighted by molar-refractivity contribution is 6.33. The molecule has 0 bridgehead atoms. The Labute approximate surface area is 180 Å². The molecule has 1 saturated carbocycles. The molecule has 0 aromatic heterocycles. The average molecular weight is 451 g/mol. The lowest BCUT2D eigenvalue weighted by atomic mass is 9.55. The van der Waals surface area contributed by atoms with Crippen LogP contribution >= 0.6 is 11.6 Å². The van der Waals surface area contributed by atoms with Gasteiger partial charge in [0.05, 0.1) is 22.4 Å². The molecule has 3 aliphatic carbocycles. The molecule has 0 heterocycles. The smallest absolute Gasteiger partial charge is 0.255 e. The largest absolute Gasteiger partial charge is 0.508 e. The topological polar surface area (TPSA) is 204 Å². The molecule has 3 aliphatic rings. The summed E-state index contributed by atoms with van der Waals surface area (Å²) in [6.45, 7) is 1.60. The monoisotopic (exact) mass is 450 g/mol. The summed E-state index contributed by atoms with van der Waals surface area (Å²) in [7, 11) is 0. The van der Waals surface area contributed by atoms with Crippen molar-refractivity contribution in [2.24, 2.45) is 17.6 Å². The summed E-state index contributed by atoms with van der Waals surface area (Å²) >= 11 is 6.04. The number of rotatable bonds is 1. The lowest BCUT2D eigenvalue weighted by molar-refractivity contribution is -0.160. The van der Waals surface area contributed by atoms with Gasteiger partial charge in [-0.05, 0) is 17.5 Å². The SMILES string of the molecule is C[C@H]1c2cc(Cl)c(N)c(O)c2C(O)=C2C(=O)[C@]3(O)C(O)=C(C(N)=O)C(=O)C[C@@H]3[C@@H](O)[C@@H]21. The first-order valence-electron chi connectivity index (χ1n) is 9.31. The minimum atomic E-state index is -2.87. The van der Waals surface area contributed by atoms with Gasteiger partial charge in [-0.1, -0.05) is 18.5 Å². The molecule has 1 aromatic rings. The summed E-state index contributed by atoms with van der Waals surface area (Å²) in [5.74, 6) is -9.46. The maximum Gasteiger partial charge on any atom is 0.255 e. The molecule has 0 aliphatic heterocycles. The van der Waals surface area contributed by atoms with E-state index in [2.05, 4.69) is 0 Å². The fraction of sp³-hybridized carbons (Fsp3) is 0.350. The van der Waals surface area contributed by atoms with Crippen LogP contribution in [0.3, 0.4) is 0 Å². The number of aliphatic hydroxyl groups is 4. The van der Waals surface area contributed by atoms with Crippen LogP contribution in [0.5, 0.6) is 5.75 Å². The number of fused-ring (bicyclic) bond motifs is 3. The Hall–Kier alpha value is -3.08. The van der Waals surface area contributed by atoms with Crippen LogP contribution in [0, 0.1) is 11.8 Å². The van der Waals surface area contributed by atoms with E-state index in [1.54, 1.807) is 6.92 Å². The van der Waals surface area contributed by atoms with Crippen LogP contribution in [0.15, 0.2) is 23.0 Å². The number of nitrogen functional groups attached to an aromatic ring is 1. The Morgan fingerprint density at radius 2 is 1.87 bits per heavy atom. The molecule has 164 valence electrons. The molecular weight excluding hydrogens is 432 g/mol. The van der Waals surface area contributed by atoms with Crippen LogP contribution in [-0.4, -0.2) is 54.7 Å². The van der Waals surface area contributed by atoms with Crippen molar-refractivity contribution < 1.29 is 39.9 Å². The lowest BCUT2D eigenvalue weighted by Gasteiger charge is -2.50. The van der Waals surface area contributed by atoms with E-state index in [0.717, 1.165) is 0 Å². The standard InChI is InChI=1S/C20H19ClN2O8/c1-4-5-2-7(21)13(22)16(27)10(5)15(26)12-9(4)14(25)6-3-8(24)11(19(23)30)17(28)20(6,31)18(12)29/h2,4,6,9,14,25-28,31H,3,22H2,1H3,(H2,23,30)/t4-,6+,9+,14+,20+/m0/s1. The van der Waals surface area contributed by atoms with Gasteiger partial charge >= 0.3 is 0 Å². The lowest BCUT2D eigenvalue weighted by Crippen LogP contribution is -2.63. The second-order valence-corrected chi connectivity index (χ2v) is 8.48. The van der Waals surface area contributed by atoms with E-state index in [1.807, 2.05) is 0 Å². The maximum atomic E-state index is 13.4. The molecular formula is C20H19ClN2O8. The summed E-state index contributed by atoms with van der Waals surface area (Å²) in [6.07, 6.45) is -2.23. The number of benzene rings is 1. The van der Waals surface area contributed by atoms with Crippen LogP contribution in [0.4, 0.5) is 5.69 Å². The third-order valence-corrected chi connectivity index (χ3v) is 6.92. The van der Waals surface area contributed by atoms with E-state index < -0.39 is 81.8 Å². The van der Waals surface area contributed by atoms with E-state index >= 15 is 0 Å². The quantitative estimate of drug-likeness (QED) is 0.177. The molecule has 9 N–H and O–H groups in total. The Balaban J connectivity index is 2.04. The second-order valence-electron chi connectivity index (χ2n) is 8.07. The van der Waals surface area contributed by atoms with Crippen molar-refractivity contribution in [3.05, 3.63) is 39.1 Å². The summed E-state index contributed by atoms with van der Waals surface area (Å²) in [5, 5.41) is 54.1. The van der Waals surface area contributed by atoms with Crippen molar-refractivity contribution in [3.63, 3.8) is 0 Å². The molecule has 0 unspecified atom stereocenters. The normalized spacial score (nSPS) is 32.5. The van der Waals surface area contributed by atoms with Crippen molar-refractivity contribution in [1.82, 2.24) is 0 Å². The number of carbonyl (C=O) groups excluding carboxylic acids is 3. The summed E-state index contributed by atoms with van der Waals surface area (Å²) in [4.78, 5) is 37.4. The van der Waals surface area contributed by atoms with Crippen LogP contribution in [0.1, 0.15) is 30.4 Å². The minimum Gasteiger partial charge on any atom is -0.508 e. The Kier molecular flexibility index (Phi) is 4.41. The first-order valence-corrected chi connectivity index (χ1v) is 9.69. The zero-order valence-corrected chi connectivity index (χ0v) is 16.8. The van der Waals surface area contributed by atoms with E-state index in [9.17, 15) is 39.9 Å². The van der Waals surface area contributed by atoms with Gasteiger partial charge in [-0.3, -0.25) is 14.4 Å². The van der Waals surface area contributed by atoms with Crippen molar-refractivity contribution >= 4 is 40.5 Å². The van der Waals surface area contributed by atoms with Gasteiger partial charge in [0.15, 0.2) is 17.1 Å². The number of phenolic OH excluding ortho intramolecular Hbond substituents is 1. The number of Topliss-reactive ketones (excluding diaryl/α,β-unsaturated/α-hetero) is 2. The van der Waals surface area contributed by atoms with Crippen molar-refractivity contribution in [2.75, 3.05) is 5.73 Å². The number of ketones is 2. The highest BCUT2D eigenvalue weighted by Gasteiger charge is 2.64. The fourth-order valence-electron chi connectivity index (χ4n) is 5.04. The van der Waals surface area contributed by atoms with Gasteiger partial charge in [-0.2, -0.15) is 0 Å². The van der Waals surface area contributed by atoms with Gasteiger partial charge in [0.1, 0.15) is 17.1 Å². The Bertz CT molecular complexity index is 1160.